The minimum absolute atomic E-state index is 0.126. The summed E-state index contributed by atoms with van der Waals surface area (Å²) >= 11 is 0. The first kappa shape index (κ1) is 21.0. The van der Waals surface area contributed by atoms with E-state index >= 15 is 0 Å². The smallest absolute Gasteiger partial charge is 0.251 e. The average molecular weight is 401 g/mol. The summed E-state index contributed by atoms with van der Waals surface area (Å²) < 4.78 is 21.3. The number of nitrogens with one attached hydrogen (secondary N) is 2. The Bertz CT molecular complexity index is 781. The van der Waals surface area contributed by atoms with Gasteiger partial charge in [-0.1, -0.05) is 0 Å². The van der Waals surface area contributed by atoms with Gasteiger partial charge in [0, 0.05) is 17.2 Å². The molecule has 0 bridgehead atoms. The van der Waals surface area contributed by atoms with Crippen molar-refractivity contribution in [3.05, 3.63) is 53.6 Å². The zero-order valence-electron chi connectivity index (χ0n) is 17.2. The number of rotatable bonds is 8. The minimum Gasteiger partial charge on any atom is -0.497 e. The van der Waals surface area contributed by atoms with E-state index in [0.29, 0.717) is 23.6 Å². The fraction of sp³-hybridized carbons (Fsp3) is 0.409. The van der Waals surface area contributed by atoms with Gasteiger partial charge in [0.05, 0.1) is 41.1 Å². The molecule has 29 heavy (non-hydrogen) atoms. The van der Waals surface area contributed by atoms with Gasteiger partial charge in [-0.05, 0) is 36.4 Å². The number of morpholine rings is 1. The highest BCUT2D eigenvalue weighted by Crippen LogP contribution is 2.22. The molecule has 0 aliphatic carbocycles. The predicted molar refractivity (Wildman–Crippen MR) is 109 cm³/mol. The lowest BCUT2D eigenvalue weighted by Gasteiger charge is -2.32. The summed E-state index contributed by atoms with van der Waals surface area (Å²) in [6.07, 6.45) is 0. The lowest BCUT2D eigenvalue weighted by molar-refractivity contribution is -0.937. The van der Waals surface area contributed by atoms with Crippen LogP contribution in [-0.4, -0.2) is 60.1 Å². The third-order valence-corrected chi connectivity index (χ3v) is 5.23. The van der Waals surface area contributed by atoms with Crippen LogP contribution in [0.5, 0.6) is 17.2 Å². The summed E-state index contributed by atoms with van der Waals surface area (Å²) in [5, 5.41) is 3.08. The number of quaternary nitrogens is 1. The Kier molecular flexibility index (Phi) is 7.32. The molecule has 7 nitrogen and oxygen atoms in total. The average Bonchev–Trinajstić information content (AvgIpc) is 2.79. The van der Waals surface area contributed by atoms with Gasteiger partial charge in [-0.25, -0.2) is 0 Å². The topological polar surface area (TPSA) is 70.5 Å². The van der Waals surface area contributed by atoms with Crippen LogP contribution in [0.4, 0.5) is 0 Å². The Balaban J connectivity index is 1.76. The van der Waals surface area contributed by atoms with Crippen molar-refractivity contribution in [3.63, 3.8) is 0 Å². The molecule has 7 heteroatoms. The molecule has 1 aliphatic rings. The van der Waals surface area contributed by atoms with Gasteiger partial charge in [-0.3, -0.25) is 4.79 Å². The van der Waals surface area contributed by atoms with E-state index in [1.807, 2.05) is 12.1 Å². The summed E-state index contributed by atoms with van der Waals surface area (Å²) in [6, 6.07) is 13.3. The highest BCUT2D eigenvalue weighted by atomic mass is 16.5. The monoisotopic (exact) mass is 401 g/mol. The number of carbonyl (C=O) groups excluding carboxylic acids is 1. The van der Waals surface area contributed by atoms with Crippen molar-refractivity contribution in [2.24, 2.45) is 0 Å². The second-order valence-electron chi connectivity index (χ2n) is 6.91. The van der Waals surface area contributed by atoms with Gasteiger partial charge >= 0.3 is 0 Å². The zero-order valence-corrected chi connectivity index (χ0v) is 17.2. The van der Waals surface area contributed by atoms with Gasteiger partial charge < -0.3 is 29.2 Å². The molecule has 2 aromatic carbocycles. The van der Waals surface area contributed by atoms with Crippen molar-refractivity contribution < 1.29 is 28.6 Å². The SMILES string of the molecule is COc1ccc([C@H](CNC(=O)c2cc(OC)cc(OC)c2)[NH+]2CCOCC2)cc1. The van der Waals surface area contributed by atoms with Crippen molar-refractivity contribution in [1.29, 1.82) is 0 Å². The van der Waals surface area contributed by atoms with E-state index in [1.54, 1.807) is 39.5 Å². The Morgan fingerprint density at radius 1 is 0.966 bits per heavy atom. The third kappa shape index (κ3) is 5.40. The lowest BCUT2D eigenvalue weighted by atomic mass is 10.0. The highest BCUT2D eigenvalue weighted by molar-refractivity contribution is 5.95. The van der Waals surface area contributed by atoms with Crippen LogP contribution in [0.1, 0.15) is 22.0 Å². The summed E-state index contributed by atoms with van der Waals surface area (Å²) in [6.45, 7) is 3.77. The number of hydrogen-bond acceptors (Lipinski definition) is 5. The number of hydrogen-bond donors (Lipinski definition) is 2. The van der Waals surface area contributed by atoms with Crippen molar-refractivity contribution >= 4 is 5.91 Å². The largest absolute Gasteiger partial charge is 0.497 e. The highest BCUT2D eigenvalue weighted by Gasteiger charge is 2.27. The summed E-state index contributed by atoms with van der Waals surface area (Å²) in [4.78, 5) is 14.2. The standard InChI is InChI=1S/C22H28N2O5/c1-26-18-6-4-16(5-7-18)21(24-8-10-29-11-9-24)15-23-22(25)17-12-19(27-2)14-20(13-17)28-3/h4-7,12-14,21H,8-11,15H2,1-3H3,(H,23,25)/p+1/t21-/m0/s1. The lowest BCUT2D eigenvalue weighted by Crippen LogP contribution is -3.15. The second-order valence-corrected chi connectivity index (χ2v) is 6.91. The molecule has 1 fully saturated rings. The molecule has 1 atom stereocenters. The number of benzene rings is 2. The molecule has 0 saturated carbocycles. The van der Waals surface area contributed by atoms with E-state index in [4.69, 9.17) is 18.9 Å². The van der Waals surface area contributed by atoms with E-state index < -0.39 is 0 Å². The number of ether oxygens (including phenoxy) is 4. The van der Waals surface area contributed by atoms with Crippen molar-refractivity contribution in [2.75, 3.05) is 54.2 Å². The van der Waals surface area contributed by atoms with Crippen LogP contribution in [0.3, 0.4) is 0 Å². The first-order valence-corrected chi connectivity index (χ1v) is 9.72. The number of methoxy groups -OCH3 is 3. The van der Waals surface area contributed by atoms with Gasteiger partial charge in [0.15, 0.2) is 0 Å². The fourth-order valence-electron chi connectivity index (χ4n) is 3.55. The summed E-state index contributed by atoms with van der Waals surface area (Å²) in [7, 11) is 4.79. The third-order valence-electron chi connectivity index (χ3n) is 5.23. The van der Waals surface area contributed by atoms with Crippen LogP contribution in [0.15, 0.2) is 42.5 Å². The quantitative estimate of drug-likeness (QED) is 0.693. The minimum atomic E-state index is -0.159. The van der Waals surface area contributed by atoms with Crippen molar-refractivity contribution in [1.82, 2.24) is 5.32 Å². The van der Waals surface area contributed by atoms with E-state index in [0.717, 1.165) is 37.6 Å². The Morgan fingerprint density at radius 2 is 1.55 bits per heavy atom. The Hall–Kier alpha value is -2.77. The van der Waals surface area contributed by atoms with Crippen LogP contribution in [0.25, 0.3) is 0 Å². The van der Waals surface area contributed by atoms with Crippen LogP contribution >= 0.6 is 0 Å². The first-order chi connectivity index (χ1) is 14.1. The van der Waals surface area contributed by atoms with Gasteiger partial charge in [-0.15, -0.1) is 0 Å². The molecule has 156 valence electrons. The molecule has 1 aliphatic heterocycles. The van der Waals surface area contributed by atoms with E-state index in [2.05, 4.69) is 17.4 Å². The number of carbonyl (C=O) groups is 1. The molecule has 0 aromatic heterocycles. The molecule has 0 spiro atoms. The van der Waals surface area contributed by atoms with Crippen LogP contribution in [-0.2, 0) is 4.74 Å². The maximum absolute atomic E-state index is 12.8. The maximum Gasteiger partial charge on any atom is 0.251 e. The molecule has 0 radical (unpaired) electrons. The Labute approximate surface area is 171 Å². The van der Waals surface area contributed by atoms with Crippen molar-refractivity contribution in [3.8, 4) is 17.2 Å². The summed E-state index contributed by atoms with van der Waals surface area (Å²) in [5.41, 5.74) is 1.66. The Morgan fingerprint density at radius 3 is 2.10 bits per heavy atom. The summed E-state index contributed by atoms with van der Waals surface area (Å²) in [5.74, 6) is 1.82. The van der Waals surface area contributed by atoms with Gasteiger partial charge in [-0.2, -0.15) is 0 Å². The second kappa shape index (κ2) is 10.1. The fourth-order valence-corrected chi connectivity index (χ4v) is 3.55. The van der Waals surface area contributed by atoms with E-state index in [1.165, 1.54) is 4.90 Å². The molecule has 0 unspecified atom stereocenters. The molecule has 2 N–H and O–H groups in total. The molecule has 3 rings (SSSR count). The molecule has 1 amide bonds. The predicted octanol–water partition coefficient (Wildman–Crippen LogP) is 1.10. The number of amides is 1. The normalized spacial score (nSPS) is 15.4. The van der Waals surface area contributed by atoms with Crippen LogP contribution in [0.2, 0.25) is 0 Å². The van der Waals surface area contributed by atoms with Crippen LogP contribution < -0.4 is 24.4 Å². The van der Waals surface area contributed by atoms with Crippen molar-refractivity contribution in [2.45, 2.75) is 6.04 Å². The maximum atomic E-state index is 12.8. The van der Waals surface area contributed by atoms with Gasteiger partial charge in [0.1, 0.15) is 36.4 Å². The van der Waals surface area contributed by atoms with E-state index in [9.17, 15) is 4.79 Å². The molecule has 1 saturated heterocycles. The van der Waals surface area contributed by atoms with Gasteiger partial charge in [0.2, 0.25) is 0 Å². The van der Waals surface area contributed by atoms with Crippen LogP contribution in [0, 0.1) is 0 Å². The molecule has 2 aromatic rings. The first-order valence-electron chi connectivity index (χ1n) is 9.72. The zero-order chi connectivity index (χ0) is 20.6. The molecular formula is C22H29N2O5+. The molecule has 1 heterocycles. The molecular weight excluding hydrogens is 372 g/mol. The van der Waals surface area contributed by atoms with Gasteiger partial charge in [0.25, 0.3) is 5.91 Å². The van der Waals surface area contributed by atoms with E-state index in [-0.39, 0.29) is 11.9 Å².